The summed E-state index contributed by atoms with van der Waals surface area (Å²) in [6.45, 7) is 10.2. The van der Waals surface area contributed by atoms with Gasteiger partial charge in [-0.25, -0.2) is 0 Å². The van der Waals surface area contributed by atoms with E-state index in [0.717, 1.165) is 6.42 Å². The van der Waals surface area contributed by atoms with Crippen molar-refractivity contribution in [1.82, 2.24) is 0 Å². The second-order valence-corrected chi connectivity index (χ2v) is 4.23. The normalized spacial score (nSPS) is 26.9. The third kappa shape index (κ3) is 3.05. The minimum Gasteiger partial charge on any atom is -0.269 e. The molecule has 0 aromatic rings. The Morgan fingerprint density at radius 3 is 2.67 bits per heavy atom. The fourth-order valence-corrected chi connectivity index (χ4v) is 1.39. The molecule has 0 saturated carbocycles. The summed E-state index contributed by atoms with van der Waals surface area (Å²) in [5, 5.41) is 0. The number of hydrogen-bond donors (Lipinski definition) is 0. The third-order valence-electron chi connectivity index (χ3n) is 2.97. The van der Waals surface area contributed by atoms with Gasteiger partial charge >= 0.3 is 0 Å². The van der Waals surface area contributed by atoms with Gasteiger partial charge in [0.15, 0.2) is 0 Å². The van der Waals surface area contributed by atoms with Crippen LogP contribution in [-0.4, -0.2) is 6.21 Å². The second-order valence-electron chi connectivity index (χ2n) is 4.23. The lowest BCUT2D eigenvalue weighted by atomic mass is 9.79. The molecule has 0 aliphatic carbocycles. The van der Waals surface area contributed by atoms with Gasteiger partial charge in [0.1, 0.15) is 0 Å². The monoisotopic (exact) mass is 201 g/mol. The molecule has 0 spiro atoms. The second kappa shape index (κ2) is 4.92. The van der Waals surface area contributed by atoms with E-state index >= 15 is 0 Å². The molecule has 0 saturated heterocycles. The maximum Gasteiger partial charge on any atom is 0.0232 e. The quantitative estimate of drug-likeness (QED) is 0.611. The molecule has 0 aromatic carbocycles. The van der Waals surface area contributed by atoms with Gasteiger partial charge in [0, 0.05) is 17.8 Å². The Kier molecular flexibility index (Phi) is 3.84. The summed E-state index contributed by atoms with van der Waals surface area (Å²) < 4.78 is 0. The predicted molar refractivity (Wildman–Crippen MR) is 68.1 cm³/mol. The lowest BCUT2D eigenvalue weighted by Gasteiger charge is -2.26. The van der Waals surface area contributed by atoms with Gasteiger partial charge in [-0.3, -0.25) is 4.99 Å². The molecule has 1 aliphatic heterocycles. The molecule has 0 N–H and O–H groups in total. The fourth-order valence-electron chi connectivity index (χ4n) is 1.39. The third-order valence-corrected chi connectivity index (χ3v) is 2.97. The summed E-state index contributed by atoms with van der Waals surface area (Å²) in [6, 6.07) is 0. The van der Waals surface area contributed by atoms with E-state index in [1.807, 2.05) is 18.5 Å². The Labute approximate surface area is 92.6 Å². The van der Waals surface area contributed by atoms with E-state index in [0.29, 0.717) is 0 Å². The van der Waals surface area contributed by atoms with E-state index in [1.54, 1.807) is 0 Å². The van der Waals surface area contributed by atoms with Crippen molar-refractivity contribution in [3.05, 3.63) is 48.2 Å². The summed E-state index contributed by atoms with van der Waals surface area (Å²) >= 11 is 0. The van der Waals surface area contributed by atoms with Gasteiger partial charge in [0.05, 0.1) is 0 Å². The molecule has 0 amide bonds. The van der Waals surface area contributed by atoms with Crippen molar-refractivity contribution in [2.45, 2.75) is 27.2 Å². The van der Waals surface area contributed by atoms with E-state index in [2.05, 4.69) is 50.6 Å². The lowest BCUT2D eigenvalue weighted by Crippen LogP contribution is -2.17. The number of allylic oxidation sites excluding steroid dienone is 6. The van der Waals surface area contributed by atoms with Gasteiger partial charge in [-0.15, -0.1) is 0 Å². The average molecular weight is 201 g/mol. The van der Waals surface area contributed by atoms with Crippen molar-refractivity contribution in [3.63, 3.8) is 0 Å². The Balaban J connectivity index is 2.84. The van der Waals surface area contributed by atoms with Gasteiger partial charge in [-0.1, -0.05) is 49.0 Å². The number of aliphatic imine (C=N–C) groups is 1. The molecule has 0 bridgehead atoms. The minimum absolute atomic E-state index is 0.125. The highest BCUT2D eigenvalue weighted by Gasteiger charge is 2.22. The first-order valence-electron chi connectivity index (χ1n) is 5.26. The van der Waals surface area contributed by atoms with Gasteiger partial charge in [0.2, 0.25) is 0 Å². The van der Waals surface area contributed by atoms with Crippen molar-refractivity contribution in [3.8, 4) is 0 Å². The number of hydrogen-bond acceptors (Lipinski definition) is 1. The first kappa shape index (κ1) is 11.7. The molecule has 80 valence electrons. The van der Waals surface area contributed by atoms with Crippen LogP contribution in [0, 0.1) is 5.41 Å². The zero-order valence-corrected chi connectivity index (χ0v) is 9.83. The Morgan fingerprint density at radius 2 is 2.13 bits per heavy atom. The first-order valence-corrected chi connectivity index (χ1v) is 5.26. The maximum absolute atomic E-state index is 4.10. The molecule has 1 aliphatic rings. The standard InChI is InChI=1S/C14H19N/c1-5-12(2)6-7-13(3)14(4)8-10-15-11-9-14/h5-8,10-11H,1,9H2,2-4H3/b12-6-,13-7+. The molecule has 1 heterocycles. The van der Waals surface area contributed by atoms with Crippen LogP contribution in [0.25, 0.3) is 0 Å². The number of rotatable bonds is 3. The summed E-state index contributed by atoms with van der Waals surface area (Å²) in [5.41, 5.74) is 2.66. The fraction of sp³-hybridized carbons (Fsp3) is 0.357. The maximum atomic E-state index is 4.10. The van der Waals surface area contributed by atoms with Crippen LogP contribution in [0.15, 0.2) is 53.2 Å². The number of nitrogens with zero attached hydrogens (tertiary/aromatic N) is 1. The molecule has 1 rings (SSSR count). The van der Waals surface area contributed by atoms with Crippen LogP contribution in [-0.2, 0) is 0 Å². The minimum atomic E-state index is 0.125. The molecule has 0 fully saturated rings. The van der Waals surface area contributed by atoms with Crippen LogP contribution in [0.3, 0.4) is 0 Å². The van der Waals surface area contributed by atoms with E-state index in [-0.39, 0.29) is 5.41 Å². The van der Waals surface area contributed by atoms with Crippen LogP contribution >= 0.6 is 0 Å². The molecule has 0 radical (unpaired) electrons. The summed E-state index contributed by atoms with van der Waals surface area (Å²) in [4.78, 5) is 4.10. The van der Waals surface area contributed by atoms with Gasteiger partial charge in [-0.05, 0) is 20.3 Å². The van der Waals surface area contributed by atoms with E-state index in [4.69, 9.17) is 0 Å². The van der Waals surface area contributed by atoms with Gasteiger partial charge < -0.3 is 0 Å². The van der Waals surface area contributed by atoms with Gasteiger partial charge in [0.25, 0.3) is 0 Å². The summed E-state index contributed by atoms with van der Waals surface area (Å²) in [6.07, 6.45) is 13.1. The Morgan fingerprint density at radius 1 is 1.40 bits per heavy atom. The van der Waals surface area contributed by atoms with E-state index < -0.39 is 0 Å². The van der Waals surface area contributed by atoms with E-state index in [9.17, 15) is 0 Å². The molecule has 1 heteroatoms. The van der Waals surface area contributed by atoms with Crippen LogP contribution in [0.1, 0.15) is 27.2 Å². The first-order chi connectivity index (χ1) is 7.08. The van der Waals surface area contributed by atoms with Crippen molar-refractivity contribution in [2.24, 2.45) is 10.4 Å². The van der Waals surface area contributed by atoms with Crippen LogP contribution in [0.2, 0.25) is 0 Å². The Hall–Kier alpha value is -1.37. The van der Waals surface area contributed by atoms with E-state index in [1.165, 1.54) is 11.1 Å². The van der Waals surface area contributed by atoms with Crippen molar-refractivity contribution in [1.29, 1.82) is 0 Å². The average Bonchev–Trinajstić information content (AvgIpc) is 2.26. The van der Waals surface area contributed by atoms with Crippen LogP contribution in [0.5, 0.6) is 0 Å². The summed E-state index contributed by atoms with van der Waals surface area (Å²) in [5.74, 6) is 0. The molecular weight excluding hydrogens is 182 g/mol. The topological polar surface area (TPSA) is 12.4 Å². The zero-order chi connectivity index (χ0) is 11.3. The van der Waals surface area contributed by atoms with Crippen molar-refractivity contribution < 1.29 is 0 Å². The van der Waals surface area contributed by atoms with Crippen molar-refractivity contribution >= 4 is 6.21 Å². The smallest absolute Gasteiger partial charge is 0.0232 e. The molecule has 1 unspecified atom stereocenters. The summed E-state index contributed by atoms with van der Waals surface area (Å²) in [7, 11) is 0. The highest BCUT2D eigenvalue weighted by Crippen LogP contribution is 2.33. The largest absolute Gasteiger partial charge is 0.269 e. The molecule has 15 heavy (non-hydrogen) atoms. The van der Waals surface area contributed by atoms with Gasteiger partial charge in [-0.2, -0.15) is 0 Å². The molecule has 1 atom stereocenters. The predicted octanol–water partition coefficient (Wildman–Crippen LogP) is 4.06. The molecular formula is C14H19N. The lowest BCUT2D eigenvalue weighted by molar-refractivity contribution is 0.536. The molecule has 0 aromatic heterocycles. The SMILES string of the molecule is C=C/C(C)=C\C=C(/C)C1(C)C=CN=CC1. The highest BCUT2D eigenvalue weighted by atomic mass is 14.7. The highest BCUT2D eigenvalue weighted by molar-refractivity contribution is 5.62. The van der Waals surface area contributed by atoms with Crippen LogP contribution in [0.4, 0.5) is 0 Å². The van der Waals surface area contributed by atoms with Crippen LogP contribution < -0.4 is 0 Å². The molecule has 1 nitrogen and oxygen atoms in total. The Bertz CT molecular complexity index is 356. The van der Waals surface area contributed by atoms with Crippen molar-refractivity contribution in [2.75, 3.05) is 0 Å². The zero-order valence-electron chi connectivity index (χ0n) is 9.83.